The Balaban J connectivity index is 1.77. The largest absolute Gasteiger partial charge is 0.486 e. The van der Waals surface area contributed by atoms with Crippen LogP contribution in [0.25, 0.3) is 0 Å². The smallest absolute Gasteiger partial charge is 0.242 e. The monoisotopic (exact) mass is 565 g/mol. The Bertz CT molecular complexity index is 1220. The molecule has 38 heavy (non-hydrogen) atoms. The quantitative estimate of drug-likeness (QED) is 0.394. The van der Waals surface area contributed by atoms with Crippen molar-refractivity contribution in [2.75, 3.05) is 36.9 Å². The van der Waals surface area contributed by atoms with Gasteiger partial charge in [0.25, 0.3) is 0 Å². The van der Waals surface area contributed by atoms with Crippen LogP contribution < -0.4 is 19.1 Å². The minimum Gasteiger partial charge on any atom is -0.486 e. The first-order valence-corrected chi connectivity index (χ1v) is 15.1. The first-order chi connectivity index (χ1) is 18.2. The number of rotatable bonds is 13. The highest BCUT2D eigenvalue weighted by Crippen LogP contribution is 2.34. The molecule has 0 saturated heterocycles. The molecular weight excluding hydrogens is 530 g/mol. The minimum atomic E-state index is -3.63. The maximum Gasteiger partial charge on any atom is 0.242 e. The molecule has 1 atom stereocenters. The average molecular weight is 566 g/mol. The SMILES string of the molecule is CCCNC(=O)C(CC)N(Cc1ccccc1Cl)C(=O)CCCN(c1ccc2c(c1)OCCO2)S(C)(=O)=O. The van der Waals surface area contributed by atoms with Gasteiger partial charge in [-0.15, -0.1) is 0 Å². The van der Waals surface area contributed by atoms with Gasteiger partial charge < -0.3 is 19.7 Å². The van der Waals surface area contributed by atoms with Crippen LogP contribution in [0, 0.1) is 0 Å². The van der Waals surface area contributed by atoms with E-state index in [1.54, 1.807) is 35.2 Å². The summed E-state index contributed by atoms with van der Waals surface area (Å²) in [5.41, 5.74) is 1.17. The Labute approximate surface area is 230 Å². The van der Waals surface area contributed by atoms with Crippen LogP contribution in [0.3, 0.4) is 0 Å². The van der Waals surface area contributed by atoms with Crippen molar-refractivity contribution >= 4 is 39.1 Å². The van der Waals surface area contributed by atoms with Crippen LogP contribution in [-0.4, -0.2) is 63.7 Å². The van der Waals surface area contributed by atoms with Crippen molar-refractivity contribution in [3.8, 4) is 11.5 Å². The zero-order chi connectivity index (χ0) is 27.7. The summed E-state index contributed by atoms with van der Waals surface area (Å²) in [6.07, 6.45) is 2.64. The van der Waals surface area contributed by atoms with E-state index in [1.807, 2.05) is 26.0 Å². The summed E-state index contributed by atoms with van der Waals surface area (Å²) >= 11 is 6.37. The number of amides is 2. The van der Waals surface area contributed by atoms with Crippen molar-refractivity contribution in [2.45, 2.75) is 52.1 Å². The highest BCUT2D eigenvalue weighted by atomic mass is 35.5. The van der Waals surface area contributed by atoms with Gasteiger partial charge in [0.1, 0.15) is 19.3 Å². The fourth-order valence-electron chi connectivity index (χ4n) is 4.29. The van der Waals surface area contributed by atoms with Crippen molar-refractivity contribution in [3.63, 3.8) is 0 Å². The summed E-state index contributed by atoms with van der Waals surface area (Å²) in [6.45, 7) is 5.42. The van der Waals surface area contributed by atoms with Gasteiger partial charge in [0, 0.05) is 37.1 Å². The van der Waals surface area contributed by atoms with Gasteiger partial charge in [-0.05, 0) is 43.0 Å². The summed E-state index contributed by atoms with van der Waals surface area (Å²) < 4.78 is 37.6. The van der Waals surface area contributed by atoms with Crippen molar-refractivity contribution in [1.82, 2.24) is 10.2 Å². The fraction of sp³-hybridized carbons (Fsp3) is 0.481. The lowest BCUT2D eigenvalue weighted by molar-refractivity contribution is -0.141. The molecule has 2 amide bonds. The van der Waals surface area contributed by atoms with Gasteiger partial charge in [0.2, 0.25) is 21.8 Å². The zero-order valence-electron chi connectivity index (χ0n) is 22.1. The third-order valence-electron chi connectivity index (χ3n) is 6.20. The second-order valence-electron chi connectivity index (χ2n) is 9.09. The van der Waals surface area contributed by atoms with E-state index in [2.05, 4.69) is 5.32 Å². The van der Waals surface area contributed by atoms with Gasteiger partial charge in [-0.1, -0.05) is 43.6 Å². The van der Waals surface area contributed by atoms with Crippen molar-refractivity contribution in [1.29, 1.82) is 0 Å². The molecule has 1 aliphatic rings. The summed E-state index contributed by atoms with van der Waals surface area (Å²) in [4.78, 5) is 28.0. The standard InChI is InChI=1S/C27H36ClN3O6S/c1-4-14-29-27(33)23(5-2)30(19-20-9-6-7-10-22(20)28)26(32)11-8-15-31(38(3,34)35)21-12-13-24-25(18-21)37-17-16-36-24/h6-7,9-10,12-13,18,23H,4-5,8,11,14-17,19H2,1-3H3,(H,29,33). The van der Waals surface area contributed by atoms with Crippen LogP contribution in [0.2, 0.25) is 5.02 Å². The maximum absolute atomic E-state index is 13.5. The molecule has 1 aliphatic heterocycles. The van der Waals surface area contributed by atoms with E-state index in [0.717, 1.165) is 18.2 Å². The molecule has 3 rings (SSSR count). The van der Waals surface area contributed by atoms with Crippen molar-refractivity contribution in [2.24, 2.45) is 0 Å². The van der Waals surface area contributed by atoms with Crippen molar-refractivity contribution < 1.29 is 27.5 Å². The molecule has 11 heteroatoms. The average Bonchev–Trinajstić information content (AvgIpc) is 2.89. The number of sulfonamides is 1. The Hall–Kier alpha value is -2.98. The van der Waals surface area contributed by atoms with Gasteiger partial charge >= 0.3 is 0 Å². The number of halogens is 1. The molecule has 0 spiro atoms. The molecule has 0 aromatic heterocycles. The van der Waals surface area contributed by atoms with Gasteiger partial charge in [-0.25, -0.2) is 8.42 Å². The van der Waals surface area contributed by atoms with E-state index in [0.29, 0.717) is 48.4 Å². The molecule has 9 nitrogen and oxygen atoms in total. The summed E-state index contributed by atoms with van der Waals surface area (Å²) in [5.74, 6) is 0.571. The molecule has 2 aromatic carbocycles. The van der Waals surface area contributed by atoms with Crippen LogP contribution in [-0.2, 0) is 26.2 Å². The molecule has 1 heterocycles. The Kier molecular flexibility index (Phi) is 10.7. The van der Waals surface area contributed by atoms with Gasteiger partial charge in [0.15, 0.2) is 11.5 Å². The number of benzene rings is 2. The van der Waals surface area contributed by atoms with E-state index >= 15 is 0 Å². The maximum atomic E-state index is 13.5. The van der Waals surface area contributed by atoms with Gasteiger partial charge in [-0.3, -0.25) is 13.9 Å². The number of hydrogen-bond acceptors (Lipinski definition) is 6. The van der Waals surface area contributed by atoms with E-state index in [-0.39, 0.29) is 37.7 Å². The lowest BCUT2D eigenvalue weighted by atomic mass is 10.1. The predicted molar refractivity (Wildman–Crippen MR) is 148 cm³/mol. The molecular formula is C27H36ClN3O6S. The highest BCUT2D eigenvalue weighted by molar-refractivity contribution is 7.92. The molecule has 2 aromatic rings. The van der Waals surface area contributed by atoms with Crippen LogP contribution in [0.15, 0.2) is 42.5 Å². The number of carbonyl (C=O) groups is 2. The minimum absolute atomic E-state index is 0.0541. The summed E-state index contributed by atoms with van der Waals surface area (Å²) in [7, 11) is -3.63. The number of nitrogens with zero attached hydrogens (tertiary/aromatic N) is 2. The molecule has 0 bridgehead atoms. The number of hydrogen-bond donors (Lipinski definition) is 1. The second kappa shape index (κ2) is 13.7. The zero-order valence-corrected chi connectivity index (χ0v) is 23.7. The summed E-state index contributed by atoms with van der Waals surface area (Å²) in [5, 5.41) is 3.39. The molecule has 0 aliphatic carbocycles. The van der Waals surface area contributed by atoms with Crippen LogP contribution in [0.1, 0.15) is 45.1 Å². The Morgan fingerprint density at radius 1 is 1.08 bits per heavy atom. The number of anilines is 1. The lowest BCUT2D eigenvalue weighted by Gasteiger charge is -2.31. The first kappa shape index (κ1) is 29.6. The Morgan fingerprint density at radius 3 is 2.45 bits per heavy atom. The molecule has 0 saturated carbocycles. The van der Waals surface area contributed by atoms with E-state index in [1.165, 1.54) is 4.31 Å². The normalized spacial score (nSPS) is 13.5. The topological polar surface area (TPSA) is 105 Å². The third kappa shape index (κ3) is 7.77. The molecule has 208 valence electrons. The lowest BCUT2D eigenvalue weighted by Crippen LogP contribution is -2.49. The van der Waals surface area contributed by atoms with Crippen LogP contribution >= 0.6 is 11.6 Å². The Morgan fingerprint density at radius 2 is 1.79 bits per heavy atom. The number of carbonyl (C=O) groups excluding carboxylic acids is 2. The molecule has 1 unspecified atom stereocenters. The van der Waals surface area contributed by atoms with Gasteiger partial charge in [-0.2, -0.15) is 0 Å². The molecule has 0 radical (unpaired) electrons. The van der Waals surface area contributed by atoms with E-state index in [4.69, 9.17) is 21.1 Å². The number of nitrogens with one attached hydrogen (secondary N) is 1. The van der Waals surface area contributed by atoms with Crippen LogP contribution in [0.5, 0.6) is 11.5 Å². The number of ether oxygens (including phenoxy) is 2. The fourth-order valence-corrected chi connectivity index (χ4v) is 5.44. The third-order valence-corrected chi connectivity index (χ3v) is 7.76. The number of fused-ring (bicyclic) bond motifs is 1. The van der Waals surface area contributed by atoms with Crippen LogP contribution in [0.4, 0.5) is 5.69 Å². The van der Waals surface area contributed by atoms with Crippen molar-refractivity contribution in [3.05, 3.63) is 53.1 Å². The predicted octanol–water partition coefficient (Wildman–Crippen LogP) is 3.99. The molecule has 0 fully saturated rings. The second-order valence-corrected chi connectivity index (χ2v) is 11.4. The first-order valence-electron chi connectivity index (χ1n) is 12.8. The molecule has 1 N–H and O–H groups in total. The highest BCUT2D eigenvalue weighted by Gasteiger charge is 2.29. The van der Waals surface area contributed by atoms with Gasteiger partial charge in [0.05, 0.1) is 11.9 Å². The van der Waals surface area contributed by atoms with E-state index < -0.39 is 16.1 Å². The van der Waals surface area contributed by atoms with E-state index in [9.17, 15) is 18.0 Å². The summed E-state index contributed by atoms with van der Waals surface area (Å²) in [6, 6.07) is 11.5.